The summed E-state index contributed by atoms with van der Waals surface area (Å²) in [6, 6.07) is 7.95. The van der Waals surface area contributed by atoms with E-state index < -0.39 is 0 Å². The molecule has 0 radical (unpaired) electrons. The second-order valence-electron chi connectivity index (χ2n) is 4.29. The molecule has 1 rings (SSSR count). The van der Waals surface area contributed by atoms with E-state index in [9.17, 15) is 4.79 Å². The number of amides is 1. The van der Waals surface area contributed by atoms with Gasteiger partial charge in [-0.05, 0) is 36.1 Å². The lowest BCUT2D eigenvalue weighted by atomic mass is 10.1. The van der Waals surface area contributed by atoms with Gasteiger partial charge in [0, 0.05) is 19.3 Å². The number of hydrogen-bond acceptors (Lipinski definition) is 4. The molecule has 1 atom stereocenters. The van der Waals surface area contributed by atoms with Gasteiger partial charge >= 0.3 is 0 Å². The summed E-state index contributed by atoms with van der Waals surface area (Å²) in [7, 11) is 1.56. The maximum Gasteiger partial charge on any atom is 0.227 e. The third-order valence-corrected chi connectivity index (χ3v) is 3.45. The van der Waals surface area contributed by atoms with Crippen LogP contribution in [0, 0.1) is 0 Å². The Morgan fingerprint density at radius 3 is 2.63 bits per heavy atom. The van der Waals surface area contributed by atoms with E-state index in [4.69, 9.17) is 10.5 Å². The first-order valence-corrected chi connectivity index (χ1v) is 7.69. The van der Waals surface area contributed by atoms with Crippen LogP contribution in [0.1, 0.15) is 12.0 Å². The molecule has 0 saturated heterocycles. The van der Waals surface area contributed by atoms with Crippen LogP contribution in [0.15, 0.2) is 24.3 Å². The van der Waals surface area contributed by atoms with Gasteiger partial charge in [0.15, 0.2) is 0 Å². The molecule has 1 aromatic rings. The molecule has 0 aliphatic carbocycles. The van der Waals surface area contributed by atoms with Crippen molar-refractivity contribution in [1.29, 1.82) is 0 Å². The second-order valence-corrected chi connectivity index (χ2v) is 5.27. The number of nitrogens with one attached hydrogen (secondary N) is 1. The molecule has 1 aromatic carbocycles. The van der Waals surface area contributed by atoms with Crippen LogP contribution in [0.25, 0.3) is 0 Å². The maximum atomic E-state index is 11.7. The van der Waals surface area contributed by atoms with E-state index in [0.29, 0.717) is 6.54 Å². The quantitative estimate of drug-likeness (QED) is 0.764. The van der Waals surface area contributed by atoms with Crippen LogP contribution in [0.3, 0.4) is 0 Å². The second kappa shape index (κ2) is 8.96. The zero-order valence-corrected chi connectivity index (χ0v) is 12.3. The Labute approximate surface area is 119 Å². The Hall–Kier alpha value is -1.04. The molecule has 5 heteroatoms. The van der Waals surface area contributed by atoms with Crippen molar-refractivity contribution < 1.29 is 9.53 Å². The highest BCUT2D eigenvalue weighted by Gasteiger charge is 2.11. The molecule has 19 heavy (non-hydrogen) atoms. The van der Waals surface area contributed by atoms with Gasteiger partial charge in [-0.3, -0.25) is 4.79 Å². The molecule has 106 valence electrons. The minimum atomic E-state index is -0.221. The molecule has 0 spiro atoms. The highest BCUT2D eigenvalue weighted by molar-refractivity contribution is 7.98. The van der Waals surface area contributed by atoms with Gasteiger partial charge in [-0.2, -0.15) is 11.8 Å². The number of anilines is 1. The molecule has 0 aliphatic rings. The van der Waals surface area contributed by atoms with Crippen molar-refractivity contribution in [1.82, 2.24) is 0 Å². The predicted octanol–water partition coefficient (Wildman–Crippen LogP) is 1.89. The number of nitrogens with two attached hydrogens (primary N) is 1. The molecular formula is C14H22N2O2S. The smallest absolute Gasteiger partial charge is 0.227 e. The van der Waals surface area contributed by atoms with Gasteiger partial charge in [-0.25, -0.2) is 0 Å². The van der Waals surface area contributed by atoms with Crippen LogP contribution in [0.2, 0.25) is 0 Å². The van der Waals surface area contributed by atoms with E-state index in [1.54, 1.807) is 7.11 Å². The van der Waals surface area contributed by atoms with Crippen LogP contribution in [-0.2, 0) is 16.0 Å². The predicted molar refractivity (Wildman–Crippen MR) is 81.6 cm³/mol. The van der Waals surface area contributed by atoms with Crippen molar-refractivity contribution in [3.8, 4) is 0 Å². The molecule has 0 aromatic heterocycles. The third-order valence-electron chi connectivity index (χ3n) is 2.84. The monoisotopic (exact) mass is 282 g/mol. The Balaban J connectivity index is 2.46. The Kier molecular flexibility index (Phi) is 7.55. The molecule has 0 bridgehead atoms. The van der Waals surface area contributed by atoms with Crippen LogP contribution in [-0.4, -0.2) is 37.7 Å². The van der Waals surface area contributed by atoms with Gasteiger partial charge < -0.3 is 15.8 Å². The van der Waals surface area contributed by atoms with E-state index in [1.165, 1.54) is 5.56 Å². The summed E-state index contributed by atoms with van der Waals surface area (Å²) >= 11 is 1.83. The summed E-state index contributed by atoms with van der Waals surface area (Å²) < 4.78 is 5.08. The third kappa shape index (κ3) is 6.09. The van der Waals surface area contributed by atoms with E-state index in [-0.39, 0.29) is 18.4 Å². The first-order valence-electron chi connectivity index (χ1n) is 6.30. The minimum Gasteiger partial charge on any atom is -0.380 e. The zero-order valence-electron chi connectivity index (χ0n) is 11.5. The molecule has 0 fully saturated rings. The summed E-state index contributed by atoms with van der Waals surface area (Å²) in [5.41, 5.74) is 7.58. The maximum absolute atomic E-state index is 11.7. The number of carbonyl (C=O) groups excluding carboxylic acids is 1. The minimum absolute atomic E-state index is 0.0748. The summed E-state index contributed by atoms with van der Waals surface area (Å²) in [6.45, 7) is 0.345. The van der Waals surface area contributed by atoms with Crippen LogP contribution < -0.4 is 11.1 Å². The van der Waals surface area contributed by atoms with Gasteiger partial charge in [-0.15, -0.1) is 0 Å². The fourth-order valence-electron chi connectivity index (χ4n) is 1.66. The van der Waals surface area contributed by atoms with Crippen LogP contribution >= 0.6 is 11.8 Å². The van der Waals surface area contributed by atoms with E-state index >= 15 is 0 Å². The molecule has 0 saturated carbocycles. The molecular weight excluding hydrogens is 260 g/mol. The Morgan fingerprint density at radius 2 is 2.11 bits per heavy atom. The Bertz CT molecular complexity index is 378. The van der Waals surface area contributed by atoms with Crippen molar-refractivity contribution in [2.75, 3.05) is 31.0 Å². The SMILES string of the molecule is COC(CN)CC(=O)Nc1ccc(CCSC)cc1. The normalized spacial score (nSPS) is 12.2. The van der Waals surface area contributed by atoms with Crippen LogP contribution in [0.5, 0.6) is 0 Å². The van der Waals surface area contributed by atoms with Crippen molar-refractivity contribution >= 4 is 23.4 Å². The number of aryl methyl sites for hydroxylation is 1. The first-order chi connectivity index (χ1) is 9.19. The lowest BCUT2D eigenvalue weighted by Gasteiger charge is -2.12. The standard InChI is InChI=1S/C14H22N2O2S/c1-18-13(10-15)9-14(17)16-12-5-3-11(4-6-12)7-8-19-2/h3-6,13H,7-10,15H2,1-2H3,(H,16,17). The highest BCUT2D eigenvalue weighted by Crippen LogP contribution is 2.12. The summed E-state index contributed by atoms with van der Waals surface area (Å²) in [6.07, 6.45) is 3.20. The summed E-state index contributed by atoms with van der Waals surface area (Å²) in [5.74, 6) is 1.03. The Morgan fingerprint density at radius 1 is 1.42 bits per heavy atom. The van der Waals surface area contributed by atoms with Crippen molar-refractivity contribution in [3.05, 3.63) is 29.8 Å². The van der Waals surface area contributed by atoms with Gasteiger partial charge in [0.1, 0.15) is 0 Å². The lowest BCUT2D eigenvalue weighted by molar-refractivity contribution is -0.118. The van der Waals surface area contributed by atoms with Gasteiger partial charge in [0.25, 0.3) is 0 Å². The molecule has 3 N–H and O–H groups in total. The average Bonchev–Trinajstić information content (AvgIpc) is 2.44. The number of carbonyl (C=O) groups is 1. The summed E-state index contributed by atoms with van der Waals surface area (Å²) in [5, 5.41) is 2.84. The van der Waals surface area contributed by atoms with Gasteiger partial charge in [0.2, 0.25) is 5.91 Å². The highest BCUT2D eigenvalue weighted by atomic mass is 32.2. The van der Waals surface area contributed by atoms with Crippen molar-refractivity contribution in [3.63, 3.8) is 0 Å². The largest absolute Gasteiger partial charge is 0.380 e. The number of rotatable bonds is 8. The molecule has 0 aliphatic heterocycles. The molecule has 1 amide bonds. The topological polar surface area (TPSA) is 64.3 Å². The number of ether oxygens (including phenoxy) is 1. The fourth-order valence-corrected chi connectivity index (χ4v) is 2.10. The zero-order chi connectivity index (χ0) is 14.1. The van der Waals surface area contributed by atoms with E-state index in [2.05, 4.69) is 11.6 Å². The van der Waals surface area contributed by atoms with Crippen molar-refractivity contribution in [2.24, 2.45) is 5.73 Å². The van der Waals surface area contributed by atoms with Crippen molar-refractivity contribution in [2.45, 2.75) is 18.9 Å². The number of thioether (sulfide) groups is 1. The summed E-state index contributed by atoms with van der Waals surface area (Å²) in [4.78, 5) is 11.7. The fraction of sp³-hybridized carbons (Fsp3) is 0.500. The number of benzene rings is 1. The molecule has 4 nitrogen and oxygen atoms in total. The first kappa shape index (κ1) is 16.0. The molecule has 0 heterocycles. The van der Waals surface area contributed by atoms with E-state index in [0.717, 1.165) is 17.9 Å². The number of hydrogen-bond donors (Lipinski definition) is 2. The van der Waals surface area contributed by atoms with Crippen LogP contribution in [0.4, 0.5) is 5.69 Å². The molecule has 1 unspecified atom stereocenters. The lowest BCUT2D eigenvalue weighted by Crippen LogP contribution is -2.28. The van der Waals surface area contributed by atoms with Gasteiger partial charge in [-0.1, -0.05) is 12.1 Å². The van der Waals surface area contributed by atoms with E-state index in [1.807, 2.05) is 36.0 Å². The number of methoxy groups -OCH3 is 1. The van der Waals surface area contributed by atoms with Gasteiger partial charge in [0.05, 0.1) is 12.5 Å². The average molecular weight is 282 g/mol.